The Hall–Kier alpha value is -1.52. The standard InChI is InChI=1S/C11H20N4O/c1-3-4-7-12-11(16)13-8-5-10-6-9-15(2)14-10/h6,9H,3-5,7-8H2,1-2H3,(H2,12,13,16). The topological polar surface area (TPSA) is 59.0 Å². The molecule has 1 heterocycles. The fourth-order valence-corrected chi connectivity index (χ4v) is 1.34. The van der Waals surface area contributed by atoms with Crippen LogP contribution in [0.25, 0.3) is 0 Å². The number of nitrogens with zero attached hydrogens (tertiary/aromatic N) is 2. The first-order valence-electron chi connectivity index (χ1n) is 5.72. The van der Waals surface area contributed by atoms with E-state index in [2.05, 4.69) is 22.7 Å². The number of rotatable bonds is 6. The molecule has 0 atom stereocenters. The van der Waals surface area contributed by atoms with Gasteiger partial charge in [0.15, 0.2) is 0 Å². The third-order valence-electron chi connectivity index (χ3n) is 2.25. The largest absolute Gasteiger partial charge is 0.338 e. The van der Waals surface area contributed by atoms with E-state index >= 15 is 0 Å². The highest BCUT2D eigenvalue weighted by molar-refractivity contribution is 5.73. The van der Waals surface area contributed by atoms with Crippen molar-refractivity contribution in [2.45, 2.75) is 26.2 Å². The number of nitrogens with one attached hydrogen (secondary N) is 2. The van der Waals surface area contributed by atoms with Crippen LogP contribution in [0.4, 0.5) is 4.79 Å². The van der Waals surface area contributed by atoms with Crippen molar-refractivity contribution in [3.63, 3.8) is 0 Å². The molecule has 16 heavy (non-hydrogen) atoms. The molecule has 0 aliphatic rings. The lowest BCUT2D eigenvalue weighted by molar-refractivity contribution is 0.241. The van der Waals surface area contributed by atoms with Crippen molar-refractivity contribution >= 4 is 6.03 Å². The maximum atomic E-state index is 11.3. The van der Waals surface area contributed by atoms with E-state index in [1.165, 1.54) is 0 Å². The highest BCUT2D eigenvalue weighted by atomic mass is 16.2. The maximum Gasteiger partial charge on any atom is 0.314 e. The Bertz CT molecular complexity index is 322. The number of urea groups is 1. The van der Waals surface area contributed by atoms with Crippen LogP contribution in [0.3, 0.4) is 0 Å². The average molecular weight is 224 g/mol. The highest BCUT2D eigenvalue weighted by Gasteiger charge is 2.00. The van der Waals surface area contributed by atoms with E-state index in [1.54, 1.807) is 4.68 Å². The molecular formula is C11H20N4O. The molecule has 0 spiro atoms. The third kappa shape index (κ3) is 4.82. The molecule has 0 aromatic carbocycles. The summed E-state index contributed by atoms with van der Waals surface area (Å²) in [6.45, 7) is 3.46. The van der Waals surface area contributed by atoms with Gasteiger partial charge in [-0.15, -0.1) is 0 Å². The summed E-state index contributed by atoms with van der Waals surface area (Å²) in [6.07, 6.45) is 4.78. The summed E-state index contributed by atoms with van der Waals surface area (Å²) in [4.78, 5) is 11.3. The molecule has 0 radical (unpaired) electrons. The van der Waals surface area contributed by atoms with E-state index < -0.39 is 0 Å². The van der Waals surface area contributed by atoms with Crippen LogP contribution in [0.15, 0.2) is 12.3 Å². The minimum Gasteiger partial charge on any atom is -0.338 e. The molecular weight excluding hydrogens is 204 g/mol. The van der Waals surface area contributed by atoms with Crippen LogP contribution in [0.1, 0.15) is 25.5 Å². The van der Waals surface area contributed by atoms with E-state index in [-0.39, 0.29) is 6.03 Å². The number of hydrogen-bond donors (Lipinski definition) is 2. The molecule has 1 aromatic rings. The van der Waals surface area contributed by atoms with Crippen molar-refractivity contribution in [2.24, 2.45) is 7.05 Å². The van der Waals surface area contributed by atoms with E-state index in [9.17, 15) is 4.79 Å². The molecule has 0 fully saturated rings. The van der Waals surface area contributed by atoms with Gasteiger partial charge in [-0.1, -0.05) is 13.3 Å². The van der Waals surface area contributed by atoms with E-state index in [0.717, 1.165) is 31.5 Å². The van der Waals surface area contributed by atoms with Gasteiger partial charge in [0.2, 0.25) is 0 Å². The normalized spacial score (nSPS) is 10.1. The van der Waals surface area contributed by atoms with Crippen LogP contribution in [0, 0.1) is 0 Å². The Morgan fingerprint density at radius 3 is 2.81 bits per heavy atom. The smallest absolute Gasteiger partial charge is 0.314 e. The molecule has 0 unspecified atom stereocenters. The van der Waals surface area contributed by atoms with Gasteiger partial charge < -0.3 is 10.6 Å². The molecule has 5 heteroatoms. The molecule has 0 aliphatic carbocycles. The molecule has 5 nitrogen and oxygen atoms in total. The summed E-state index contributed by atoms with van der Waals surface area (Å²) in [6, 6.07) is 1.86. The number of amides is 2. The third-order valence-corrected chi connectivity index (χ3v) is 2.25. The van der Waals surface area contributed by atoms with Gasteiger partial charge >= 0.3 is 6.03 Å². The zero-order valence-electron chi connectivity index (χ0n) is 9.99. The maximum absolute atomic E-state index is 11.3. The number of aryl methyl sites for hydroxylation is 1. The van der Waals surface area contributed by atoms with Crippen molar-refractivity contribution in [2.75, 3.05) is 13.1 Å². The summed E-state index contributed by atoms with van der Waals surface area (Å²) in [7, 11) is 1.88. The monoisotopic (exact) mass is 224 g/mol. The summed E-state index contributed by atoms with van der Waals surface area (Å²) >= 11 is 0. The van der Waals surface area contributed by atoms with Crippen LogP contribution in [-0.2, 0) is 13.5 Å². The zero-order chi connectivity index (χ0) is 11.8. The second-order valence-corrected chi connectivity index (χ2v) is 3.77. The van der Waals surface area contributed by atoms with Crippen LogP contribution in [0.2, 0.25) is 0 Å². The van der Waals surface area contributed by atoms with Crippen molar-refractivity contribution in [3.8, 4) is 0 Å². The lowest BCUT2D eigenvalue weighted by Crippen LogP contribution is -2.37. The van der Waals surface area contributed by atoms with Crippen LogP contribution in [-0.4, -0.2) is 28.9 Å². The van der Waals surface area contributed by atoms with Gasteiger partial charge in [0.25, 0.3) is 0 Å². The Morgan fingerprint density at radius 1 is 1.44 bits per heavy atom. The van der Waals surface area contributed by atoms with Gasteiger partial charge in [0, 0.05) is 32.8 Å². The number of unbranched alkanes of at least 4 members (excludes halogenated alkanes) is 1. The second kappa shape index (κ2) is 6.87. The Labute approximate surface area is 96.2 Å². The van der Waals surface area contributed by atoms with Gasteiger partial charge in [0.05, 0.1) is 5.69 Å². The lowest BCUT2D eigenvalue weighted by Gasteiger charge is -2.05. The summed E-state index contributed by atoms with van der Waals surface area (Å²) < 4.78 is 1.76. The molecule has 1 rings (SSSR count). The fourth-order valence-electron chi connectivity index (χ4n) is 1.34. The lowest BCUT2D eigenvalue weighted by atomic mass is 10.3. The minimum absolute atomic E-state index is 0.0932. The Balaban J connectivity index is 2.08. The van der Waals surface area contributed by atoms with Gasteiger partial charge in [-0.3, -0.25) is 4.68 Å². The summed E-state index contributed by atoms with van der Waals surface area (Å²) in [5, 5.41) is 9.83. The quantitative estimate of drug-likeness (QED) is 0.710. The molecule has 0 saturated heterocycles. The van der Waals surface area contributed by atoms with Crippen LogP contribution >= 0.6 is 0 Å². The molecule has 1 aromatic heterocycles. The highest BCUT2D eigenvalue weighted by Crippen LogP contribution is 1.93. The van der Waals surface area contributed by atoms with Crippen molar-refractivity contribution in [3.05, 3.63) is 18.0 Å². The van der Waals surface area contributed by atoms with E-state index in [4.69, 9.17) is 0 Å². The predicted molar refractivity (Wildman–Crippen MR) is 63.2 cm³/mol. The number of aromatic nitrogens is 2. The minimum atomic E-state index is -0.0932. The SMILES string of the molecule is CCCCNC(=O)NCCc1ccn(C)n1. The van der Waals surface area contributed by atoms with Crippen LogP contribution < -0.4 is 10.6 Å². The van der Waals surface area contributed by atoms with Gasteiger partial charge in [-0.05, 0) is 12.5 Å². The summed E-state index contributed by atoms with van der Waals surface area (Å²) in [5.74, 6) is 0. The van der Waals surface area contributed by atoms with Gasteiger partial charge in [0.1, 0.15) is 0 Å². The molecule has 0 aliphatic heterocycles. The summed E-state index contributed by atoms with van der Waals surface area (Å²) in [5.41, 5.74) is 0.997. The first-order valence-corrected chi connectivity index (χ1v) is 5.72. The van der Waals surface area contributed by atoms with Crippen molar-refractivity contribution < 1.29 is 4.79 Å². The number of carbonyl (C=O) groups excluding carboxylic acids is 1. The van der Waals surface area contributed by atoms with Crippen LogP contribution in [0.5, 0.6) is 0 Å². The Morgan fingerprint density at radius 2 is 2.19 bits per heavy atom. The van der Waals surface area contributed by atoms with Crippen molar-refractivity contribution in [1.82, 2.24) is 20.4 Å². The predicted octanol–water partition coefficient (Wildman–Crippen LogP) is 1.06. The van der Waals surface area contributed by atoms with Gasteiger partial charge in [-0.2, -0.15) is 5.10 Å². The van der Waals surface area contributed by atoms with Gasteiger partial charge in [-0.25, -0.2) is 4.79 Å². The zero-order valence-corrected chi connectivity index (χ0v) is 9.99. The molecule has 0 bridgehead atoms. The fraction of sp³-hybridized carbons (Fsp3) is 0.636. The molecule has 2 amide bonds. The Kier molecular flexibility index (Phi) is 5.39. The van der Waals surface area contributed by atoms with E-state index in [1.807, 2.05) is 19.3 Å². The number of hydrogen-bond acceptors (Lipinski definition) is 2. The molecule has 90 valence electrons. The first kappa shape index (κ1) is 12.5. The van der Waals surface area contributed by atoms with Crippen molar-refractivity contribution in [1.29, 1.82) is 0 Å². The molecule has 2 N–H and O–H groups in total. The molecule has 0 saturated carbocycles. The van der Waals surface area contributed by atoms with E-state index in [0.29, 0.717) is 6.54 Å². The first-order chi connectivity index (χ1) is 7.72. The average Bonchev–Trinajstić information content (AvgIpc) is 2.65. The second-order valence-electron chi connectivity index (χ2n) is 3.77. The number of carbonyl (C=O) groups is 1.